The zero-order valence-corrected chi connectivity index (χ0v) is 23.0. The van der Waals surface area contributed by atoms with Crippen LogP contribution in [-0.2, 0) is 13.4 Å². The summed E-state index contributed by atoms with van der Waals surface area (Å²) in [7, 11) is -6.31. The number of phenols is 1. The molecule has 0 saturated carbocycles. The van der Waals surface area contributed by atoms with Crippen LogP contribution in [0.2, 0.25) is 0 Å². The first-order valence-corrected chi connectivity index (χ1v) is 14.7. The molecule has 3 rings (SSSR count). The number of phosphoric acid groups is 2. The van der Waals surface area contributed by atoms with E-state index in [-0.39, 0.29) is 11.5 Å². The van der Waals surface area contributed by atoms with Gasteiger partial charge in [-0.15, -0.1) is 0 Å². The van der Waals surface area contributed by atoms with E-state index in [1.54, 1.807) is 24.3 Å². The molecule has 0 aliphatic rings. The summed E-state index contributed by atoms with van der Waals surface area (Å²) in [5.74, 6) is 0.781. The monoisotopic (exact) mass is 563 g/mol. The highest BCUT2D eigenvalue weighted by molar-refractivity contribution is 7.60. The number of ether oxygens (including phenoxy) is 1. The second-order valence-corrected chi connectivity index (χ2v) is 11.3. The van der Waals surface area contributed by atoms with Gasteiger partial charge in [0.2, 0.25) is 0 Å². The van der Waals surface area contributed by atoms with Crippen molar-refractivity contribution >= 4 is 26.8 Å². The molecule has 4 N–H and O–H groups in total. The predicted molar refractivity (Wildman–Crippen MR) is 145 cm³/mol. The quantitative estimate of drug-likeness (QED) is 0.169. The fraction of sp³-hybridized carbons (Fsp3) is 0.231. The number of rotatable bonds is 12. The molecule has 10 nitrogen and oxygen atoms in total. The summed E-state index contributed by atoms with van der Waals surface area (Å²) in [6, 6.07) is 20.7. The lowest BCUT2D eigenvalue weighted by atomic mass is 9.88. The van der Waals surface area contributed by atoms with Gasteiger partial charge >= 0.3 is 15.6 Å². The third-order valence-electron chi connectivity index (χ3n) is 5.39. The number of likely N-dealkylation sites (N-methyl/N-ethyl adjacent to an activating group) is 1. The van der Waals surface area contributed by atoms with E-state index in [2.05, 4.69) is 4.31 Å². The Bertz CT molecular complexity index is 1330. The molecule has 3 aromatic carbocycles. The Morgan fingerprint density at radius 2 is 1.29 bits per heavy atom. The van der Waals surface area contributed by atoms with Gasteiger partial charge in [-0.2, -0.15) is 4.31 Å². The summed E-state index contributed by atoms with van der Waals surface area (Å²) in [6.07, 6.45) is 0.622. The Morgan fingerprint density at radius 3 is 1.79 bits per heavy atom. The van der Waals surface area contributed by atoms with Crippen molar-refractivity contribution in [1.29, 1.82) is 0 Å². The standard InChI is InChI=1S/C26H31NO9P2/c1-4-25(19-7-15-24(16-8-19)35-38(32,33)36-37(29,30)31)26(20-5-11-22(28)12-6-20)21-9-13-23(14-10-21)34-18-17-27(2)3/h5-16,28H,4,17-18H2,1-3H3,(H,32,33)(H2,29,30,31). The van der Waals surface area contributed by atoms with E-state index in [0.29, 0.717) is 13.0 Å². The maximum Gasteiger partial charge on any atom is 0.536 e. The lowest BCUT2D eigenvalue weighted by Gasteiger charge is -2.18. The topological polar surface area (TPSA) is 146 Å². The van der Waals surface area contributed by atoms with Crippen molar-refractivity contribution in [2.45, 2.75) is 13.3 Å². The Hall–Kier alpha value is -2.94. The summed E-state index contributed by atoms with van der Waals surface area (Å²) in [6.45, 7) is 3.34. The molecule has 204 valence electrons. The van der Waals surface area contributed by atoms with E-state index in [9.17, 15) is 19.1 Å². The molecule has 0 aromatic heterocycles. The molecular weight excluding hydrogens is 532 g/mol. The lowest BCUT2D eigenvalue weighted by molar-refractivity contribution is 0.229. The van der Waals surface area contributed by atoms with Gasteiger partial charge in [0, 0.05) is 6.54 Å². The number of hydrogen-bond acceptors (Lipinski definition) is 7. The first-order chi connectivity index (χ1) is 17.9. The molecule has 0 spiro atoms. The van der Waals surface area contributed by atoms with Gasteiger partial charge in [0.15, 0.2) is 0 Å². The largest absolute Gasteiger partial charge is 0.536 e. The number of aromatic hydroxyl groups is 1. The summed E-state index contributed by atoms with van der Waals surface area (Å²) in [4.78, 5) is 29.3. The highest BCUT2D eigenvalue weighted by atomic mass is 31.3. The van der Waals surface area contributed by atoms with Gasteiger partial charge in [0.1, 0.15) is 23.9 Å². The van der Waals surface area contributed by atoms with Crippen molar-refractivity contribution in [2.75, 3.05) is 27.2 Å². The van der Waals surface area contributed by atoms with Crippen LogP contribution < -0.4 is 9.26 Å². The Morgan fingerprint density at radius 1 is 0.789 bits per heavy atom. The van der Waals surface area contributed by atoms with Gasteiger partial charge in [-0.05, 0) is 84.8 Å². The van der Waals surface area contributed by atoms with Gasteiger partial charge in [-0.1, -0.05) is 43.3 Å². The van der Waals surface area contributed by atoms with Gasteiger partial charge in [-0.3, -0.25) is 4.89 Å². The third kappa shape index (κ3) is 8.82. The molecule has 0 radical (unpaired) electrons. The minimum Gasteiger partial charge on any atom is -0.508 e. The second kappa shape index (κ2) is 12.7. The highest BCUT2D eigenvalue weighted by Crippen LogP contribution is 2.57. The van der Waals surface area contributed by atoms with Crippen molar-refractivity contribution in [1.82, 2.24) is 4.90 Å². The molecular formula is C26H31NO9P2. The minimum absolute atomic E-state index is 0.103. The maximum atomic E-state index is 11.9. The number of allylic oxidation sites excluding steroid dienone is 1. The number of phenolic OH excluding ortho intramolecular Hbond substituents is 1. The van der Waals surface area contributed by atoms with Crippen LogP contribution in [0.5, 0.6) is 17.2 Å². The van der Waals surface area contributed by atoms with Crippen molar-refractivity contribution in [3.05, 3.63) is 89.5 Å². The smallest absolute Gasteiger partial charge is 0.508 e. The first-order valence-electron chi connectivity index (χ1n) is 11.7. The van der Waals surface area contributed by atoms with Crippen LogP contribution in [0.15, 0.2) is 72.8 Å². The van der Waals surface area contributed by atoms with Gasteiger partial charge in [0.25, 0.3) is 0 Å². The molecule has 3 aromatic rings. The Labute approximate surface area is 221 Å². The molecule has 0 bridgehead atoms. The average molecular weight is 563 g/mol. The summed E-state index contributed by atoms with van der Waals surface area (Å²) in [5, 5.41) is 9.82. The van der Waals surface area contributed by atoms with Crippen LogP contribution in [0, 0.1) is 0 Å². The van der Waals surface area contributed by atoms with E-state index in [4.69, 9.17) is 19.0 Å². The molecule has 0 aliphatic heterocycles. The molecule has 0 fully saturated rings. The fourth-order valence-corrected chi connectivity index (χ4v) is 5.33. The first kappa shape index (κ1) is 29.6. The normalized spacial score (nSPS) is 14.1. The van der Waals surface area contributed by atoms with Crippen molar-refractivity contribution in [3.63, 3.8) is 0 Å². The molecule has 0 aliphatic carbocycles. The summed E-state index contributed by atoms with van der Waals surface area (Å²) >= 11 is 0. The SMILES string of the molecule is CCC(=C(c1ccc(O)cc1)c1ccc(OCCN(C)C)cc1)c1ccc(OP(=O)(O)OP(=O)(O)O)cc1. The number of benzene rings is 3. The average Bonchev–Trinajstić information content (AvgIpc) is 2.82. The van der Waals surface area contributed by atoms with Crippen LogP contribution in [-0.4, -0.2) is 51.9 Å². The molecule has 0 saturated heterocycles. The van der Waals surface area contributed by atoms with Crippen LogP contribution >= 0.6 is 15.6 Å². The number of hydrogen-bond donors (Lipinski definition) is 4. The van der Waals surface area contributed by atoms with E-state index >= 15 is 0 Å². The number of nitrogens with zero attached hydrogens (tertiary/aromatic N) is 1. The Kier molecular flexibility index (Phi) is 9.93. The fourth-order valence-electron chi connectivity index (χ4n) is 3.73. The molecule has 38 heavy (non-hydrogen) atoms. The van der Waals surface area contributed by atoms with Gasteiger partial charge in [0.05, 0.1) is 0 Å². The molecule has 1 unspecified atom stereocenters. The van der Waals surface area contributed by atoms with E-state index in [1.165, 1.54) is 12.1 Å². The predicted octanol–water partition coefficient (Wildman–Crippen LogP) is 5.29. The zero-order chi connectivity index (χ0) is 27.9. The summed E-state index contributed by atoms with van der Waals surface area (Å²) < 4.78 is 37.3. The van der Waals surface area contributed by atoms with Crippen LogP contribution in [0.1, 0.15) is 30.0 Å². The molecule has 0 amide bonds. The van der Waals surface area contributed by atoms with E-state index in [1.807, 2.05) is 62.3 Å². The van der Waals surface area contributed by atoms with Gasteiger partial charge in [-0.25, -0.2) is 9.13 Å². The zero-order valence-electron chi connectivity index (χ0n) is 21.2. The molecule has 1 atom stereocenters. The summed E-state index contributed by atoms with van der Waals surface area (Å²) in [5.41, 5.74) is 4.44. The second-order valence-electron chi connectivity index (χ2n) is 8.59. The van der Waals surface area contributed by atoms with Crippen molar-refractivity contribution in [2.24, 2.45) is 0 Å². The van der Waals surface area contributed by atoms with Crippen LogP contribution in [0.4, 0.5) is 0 Å². The maximum absolute atomic E-state index is 11.9. The third-order valence-corrected chi connectivity index (χ3v) is 7.51. The van der Waals surface area contributed by atoms with E-state index < -0.39 is 15.6 Å². The van der Waals surface area contributed by atoms with E-state index in [0.717, 1.165) is 40.1 Å². The van der Waals surface area contributed by atoms with Gasteiger partial charge < -0.3 is 29.1 Å². The van der Waals surface area contributed by atoms with Crippen molar-refractivity contribution in [3.8, 4) is 17.2 Å². The van der Waals surface area contributed by atoms with Crippen LogP contribution in [0.25, 0.3) is 11.1 Å². The Balaban J connectivity index is 1.98. The minimum atomic E-state index is -5.23. The number of phosphoric ester groups is 1. The van der Waals surface area contributed by atoms with Crippen molar-refractivity contribution < 1.29 is 42.5 Å². The highest BCUT2D eigenvalue weighted by Gasteiger charge is 2.33. The molecule has 0 heterocycles. The van der Waals surface area contributed by atoms with Crippen LogP contribution in [0.3, 0.4) is 0 Å². The molecule has 12 heteroatoms. The lowest BCUT2D eigenvalue weighted by Crippen LogP contribution is -2.19.